The van der Waals surface area contributed by atoms with Crippen molar-refractivity contribution in [2.24, 2.45) is 5.92 Å². The van der Waals surface area contributed by atoms with Crippen LogP contribution in [0.1, 0.15) is 25.8 Å². The van der Waals surface area contributed by atoms with Crippen LogP contribution in [-0.4, -0.2) is 40.2 Å². The van der Waals surface area contributed by atoms with Gasteiger partial charge in [0.25, 0.3) is 0 Å². The summed E-state index contributed by atoms with van der Waals surface area (Å²) in [5, 5.41) is 7.97. The van der Waals surface area contributed by atoms with Crippen LogP contribution in [0.15, 0.2) is 30.6 Å². The predicted octanol–water partition coefficient (Wildman–Crippen LogP) is 2.15. The predicted molar refractivity (Wildman–Crippen MR) is 81.7 cm³/mol. The Morgan fingerprint density at radius 2 is 2.30 bits per heavy atom. The molecule has 1 N–H and O–H groups in total. The average Bonchev–Trinajstić information content (AvgIpc) is 3.06. The normalized spacial score (nSPS) is 20.2. The van der Waals surface area contributed by atoms with E-state index in [2.05, 4.69) is 41.3 Å². The van der Waals surface area contributed by atoms with E-state index in [4.69, 9.17) is 0 Å². The minimum Gasteiger partial charge on any atom is -0.312 e. The molecule has 1 fully saturated rings. The molecular formula is C16H24N4. The molecular weight excluding hydrogens is 248 g/mol. The first kappa shape index (κ1) is 13.6. The van der Waals surface area contributed by atoms with Crippen LogP contribution < -0.4 is 5.32 Å². The molecule has 0 aliphatic carbocycles. The zero-order valence-corrected chi connectivity index (χ0v) is 12.4. The van der Waals surface area contributed by atoms with Crippen LogP contribution in [0.25, 0.3) is 5.52 Å². The summed E-state index contributed by atoms with van der Waals surface area (Å²) in [5.41, 5.74) is 2.49. The highest BCUT2D eigenvalue weighted by Crippen LogP contribution is 2.18. The fourth-order valence-corrected chi connectivity index (χ4v) is 3.03. The van der Waals surface area contributed by atoms with Gasteiger partial charge in [0.2, 0.25) is 0 Å². The molecule has 0 saturated carbocycles. The van der Waals surface area contributed by atoms with Gasteiger partial charge in [0.15, 0.2) is 0 Å². The van der Waals surface area contributed by atoms with Gasteiger partial charge in [0, 0.05) is 30.9 Å². The second kappa shape index (κ2) is 5.94. The first-order valence-electron chi connectivity index (χ1n) is 7.60. The third kappa shape index (κ3) is 2.86. The summed E-state index contributed by atoms with van der Waals surface area (Å²) in [6.07, 6.45) is 5.29. The average molecular weight is 272 g/mol. The molecule has 0 bridgehead atoms. The van der Waals surface area contributed by atoms with Crippen LogP contribution in [0, 0.1) is 5.92 Å². The number of hydrogen-bond acceptors (Lipinski definition) is 3. The van der Waals surface area contributed by atoms with Crippen molar-refractivity contribution in [3.63, 3.8) is 0 Å². The molecule has 3 rings (SSSR count). The fourth-order valence-electron chi connectivity index (χ4n) is 3.03. The van der Waals surface area contributed by atoms with E-state index in [1.54, 1.807) is 0 Å². The van der Waals surface area contributed by atoms with Crippen molar-refractivity contribution in [2.75, 3.05) is 19.6 Å². The number of hydrogen-bond donors (Lipinski definition) is 1. The van der Waals surface area contributed by atoms with Gasteiger partial charge in [-0.15, -0.1) is 0 Å². The van der Waals surface area contributed by atoms with Crippen LogP contribution in [0.5, 0.6) is 0 Å². The zero-order chi connectivity index (χ0) is 13.9. The van der Waals surface area contributed by atoms with Crippen molar-refractivity contribution in [1.29, 1.82) is 0 Å². The number of nitrogens with zero attached hydrogens (tertiary/aromatic N) is 3. The van der Waals surface area contributed by atoms with Gasteiger partial charge in [0.05, 0.1) is 11.7 Å². The number of pyridine rings is 1. The number of rotatable bonds is 5. The van der Waals surface area contributed by atoms with Gasteiger partial charge in [-0.25, -0.2) is 4.52 Å². The molecule has 1 unspecified atom stereocenters. The maximum atomic E-state index is 4.37. The summed E-state index contributed by atoms with van der Waals surface area (Å²) >= 11 is 0. The standard InChI is InChI=1S/C16H24N4/c1-13(2)19-8-6-14(12-19)9-17-10-15-11-18-20-7-4-3-5-16(15)20/h3-5,7,11,13-14,17H,6,8-10,12H2,1-2H3. The van der Waals surface area contributed by atoms with Crippen molar-refractivity contribution in [1.82, 2.24) is 19.8 Å². The van der Waals surface area contributed by atoms with E-state index < -0.39 is 0 Å². The van der Waals surface area contributed by atoms with Crippen LogP contribution in [0.4, 0.5) is 0 Å². The third-order valence-corrected chi connectivity index (χ3v) is 4.30. The van der Waals surface area contributed by atoms with Gasteiger partial charge in [-0.2, -0.15) is 5.10 Å². The smallest absolute Gasteiger partial charge is 0.0706 e. The van der Waals surface area contributed by atoms with Crippen LogP contribution >= 0.6 is 0 Å². The number of fused-ring (bicyclic) bond motifs is 1. The van der Waals surface area contributed by atoms with Gasteiger partial charge in [-0.1, -0.05) is 6.07 Å². The second-order valence-electron chi connectivity index (χ2n) is 6.07. The SMILES string of the molecule is CC(C)N1CCC(CNCc2cnn3ccccc23)C1. The van der Waals surface area contributed by atoms with E-state index in [0.29, 0.717) is 6.04 Å². The Bertz CT molecular complexity index is 560. The molecule has 1 atom stereocenters. The van der Waals surface area contributed by atoms with Crippen molar-refractivity contribution in [2.45, 2.75) is 32.9 Å². The van der Waals surface area contributed by atoms with Gasteiger partial charge in [-0.3, -0.25) is 0 Å². The molecule has 1 aliphatic rings. The van der Waals surface area contributed by atoms with Crippen molar-refractivity contribution >= 4 is 5.52 Å². The molecule has 4 heteroatoms. The monoisotopic (exact) mass is 272 g/mol. The lowest BCUT2D eigenvalue weighted by atomic mass is 10.1. The Labute approximate surface area is 120 Å². The van der Waals surface area contributed by atoms with Gasteiger partial charge < -0.3 is 10.2 Å². The van der Waals surface area contributed by atoms with E-state index in [9.17, 15) is 0 Å². The summed E-state index contributed by atoms with van der Waals surface area (Å²) in [7, 11) is 0. The van der Waals surface area contributed by atoms with E-state index in [1.165, 1.54) is 30.6 Å². The second-order valence-corrected chi connectivity index (χ2v) is 6.07. The highest BCUT2D eigenvalue weighted by Gasteiger charge is 2.23. The van der Waals surface area contributed by atoms with E-state index in [-0.39, 0.29) is 0 Å². The minimum atomic E-state index is 0.680. The molecule has 0 aromatic carbocycles. The lowest BCUT2D eigenvalue weighted by Crippen LogP contribution is -2.30. The topological polar surface area (TPSA) is 32.6 Å². The molecule has 0 spiro atoms. The molecule has 0 radical (unpaired) electrons. The zero-order valence-electron chi connectivity index (χ0n) is 12.4. The lowest BCUT2D eigenvalue weighted by molar-refractivity contribution is 0.264. The quantitative estimate of drug-likeness (QED) is 0.905. The molecule has 108 valence electrons. The Morgan fingerprint density at radius 3 is 3.10 bits per heavy atom. The van der Waals surface area contributed by atoms with E-state index >= 15 is 0 Å². The summed E-state index contributed by atoms with van der Waals surface area (Å²) < 4.78 is 1.94. The Balaban J connectivity index is 1.51. The molecule has 3 heterocycles. The summed E-state index contributed by atoms with van der Waals surface area (Å²) in [6.45, 7) is 9.07. The first-order valence-corrected chi connectivity index (χ1v) is 7.60. The number of likely N-dealkylation sites (tertiary alicyclic amines) is 1. The van der Waals surface area contributed by atoms with Crippen LogP contribution in [0.2, 0.25) is 0 Å². The first-order chi connectivity index (χ1) is 9.74. The fraction of sp³-hybridized carbons (Fsp3) is 0.562. The van der Waals surface area contributed by atoms with E-state index in [1.807, 2.05) is 23.0 Å². The molecule has 2 aromatic rings. The lowest BCUT2D eigenvalue weighted by Gasteiger charge is -2.20. The Kier molecular flexibility index (Phi) is 4.03. The van der Waals surface area contributed by atoms with Gasteiger partial charge in [0.1, 0.15) is 0 Å². The van der Waals surface area contributed by atoms with Crippen molar-refractivity contribution in [3.05, 3.63) is 36.2 Å². The number of nitrogens with one attached hydrogen (secondary N) is 1. The van der Waals surface area contributed by atoms with Gasteiger partial charge >= 0.3 is 0 Å². The molecule has 1 saturated heterocycles. The summed E-state index contributed by atoms with van der Waals surface area (Å²) in [5.74, 6) is 0.791. The molecule has 1 aliphatic heterocycles. The van der Waals surface area contributed by atoms with Gasteiger partial charge in [-0.05, 0) is 51.4 Å². The highest BCUT2D eigenvalue weighted by molar-refractivity contribution is 5.53. The van der Waals surface area contributed by atoms with Crippen LogP contribution in [-0.2, 0) is 6.54 Å². The Hall–Kier alpha value is -1.39. The molecule has 2 aromatic heterocycles. The maximum Gasteiger partial charge on any atom is 0.0706 e. The summed E-state index contributed by atoms with van der Waals surface area (Å²) in [4.78, 5) is 2.57. The van der Waals surface area contributed by atoms with E-state index in [0.717, 1.165) is 19.0 Å². The molecule has 4 nitrogen and oxygen atoms in total. The largest absolute Gasteiger partial charge is 0.312 e. The minimum absolute atomic E-state index is 0.680. The van der Waals surface area contributed by atoms with Crippen LogP contribution in [0.3, 0.4) is 0 Å². The molecule has 0 amide bonds. The summed E-state index contributed by atoms with van der Waals surface area (Å²) in [6, 6.07) is 6.88. The third-order valence-electron chi connectivity index (χ3n) is 4.30. The highest BCUT2D eigenvalue weighted by atomic mass is 15.2. The Morgan fingerprint density at radius 1 is 1.40 bits per heavy atom. The number of aromatic nitrogens is 2. The van der Waals surface area contributed by atoms with Crippen molar-refractivity contribution in [3.8, 4) is 0 Å². The van der Waals surface area contributed by atoms with Crippen molar-refractivity contribution < 1.29 is 0 Å². The maximum absolute atomic E-state index is 4.37. The molecule has 20 heavy (non-hydrogen) atoms.